The summed E-state index contributed by atoms with van der Waals surface area (Å²) in [7, 11) is 1.66. The fourth-order valence-electron chi connectivity index (χ4n) is 5.19. The normalized spacial score (nSPS) is 21.9. The third-order valence-corrected chi connectivity index (χ3v) is 7.43. The van der Waals surface area contributed by atoms with E-state index in [-0.39, 0.29) is 11.9 Å². The quantitative estimate of drug-likeness (QED) is 0.593. The van der Waals surface area contributed by atoms with Crippen LogP contribution in [-0.4, -0.2) is 77.5 Å². The molecule has 1 aliphatic carbocycles. The van der Waals surface area contributed by atoms with E-state index in [0.29, 0.717) is 38.0 Å². The van der Waals surface area contributed by atoms with Gasteiger partial charge in [0.05, 0.1) is 24.9 Å². The van der Waals surface area contributed by atoms with Gasteiger partial charge in [0.1, 0.15) is 11.6 Å². The van der Waals surface area contributed by atoms with Crippen molar-refractivity contribution in [2.45, 2.75) is 37.5 Å². The highest BCUT2D eigenvalue weighted by Gasteiger charge is 2.42. The molecule has 35 heavy (non-hydrogen) atoms. The maximum Gasteiger partial charge on any atom is 0.171 e. The fraction of sp³-hybridized carbons (Fsp3) is 0.520. The molecule has 2 aliphatic heterocycles. The van der Waals surface area contributed by atoms with E-state index in [1.807, 2.05) is 18.2 Å². The number of alkyl halides is 1. The Hall–Kier alpha value is -3.27. The molecule has 1 saturated carbocycles. The zero-order valence-electron chi connectivity index (χ0n) is 19.9. The molecule has 3 fully saturated rings. The summed E-state index contributed by atoms with van der Waals surface area (Å²) in [4.78, 5) is 25.1. The summed E-state index contributed by atoms with van der Waals surface area (Å²) in [5, 5.41) is 10.9. The smallest absolute Gasteiger partial charge is 0.171 e. The van der Waals surface area contributed by atoms with Crippen LogP contribution in [0.5, 0.6) is 5.75 Å². The lowest BCUT2D eigenvalue weighted by Crippen LogP contribution is -2.47. The van der Waals surface area contributed by atoms with E-state index in [4.69, 9.17) is 9.72 Å². The average molecular weight is 480 g/mol. The van der Waals surface area contributed by atoms with Crippen LogP contribution in [-0.2, 0) is 5.67 Å². The summed E-state index contributed by atoms with van der Waals surface area (Å²) in [5.74, 6) is 3.40. The number of halogens is 1. The number of hydrogen-bond donors (Lipinski definition) is 1. The van der Waals surface area contributed by atoms with Crippen LogP contribution in [0.4, 0.5) is 21.8 Å². The van der Waals surface area contributed by atoms with Crippen LogP contribution < -0.4 is 19.4 Å². The molecule has 1 N–H and O–H groups in total. The molecule has 184 valence electrons. The summed E-state index contributed by atoms with van der Waals surface area (Å²) in [6, 6.07) is 5.78. The monoisotopic (exact) mass is 479 g/mol. The van der Waals surface area contributed by atoms with Crippen molar-refractivity contribution in [3.05, 3.63) is 36.4 Å². The Morgan fingerprint density at radius 3 is 2.46 bits per heavy atom. The zero-order chi connectivity index (χ0) is 24.0. The molecular formula is C25H30FN7O2. The van der Waals surface area contributed by atoms with Crippen molar-refractivity contribution in [3.8, 4) is 5.75 Å². The van der Waals surface area contributed by atoms with E-state index >= 15 is 4.39 Å². The van der Waals surface area contributed by atoms with Gasteiger partial charge in [0.25, 0.3) is 0 Å². The van der Waals surface area contributed by atoms with Gasteiger partial charge in [-0.05, 0) is 43.9 Å². The third-order valence-electron chi connectivity index (χ3n) is 7.43. The van der Waals surface area contributed by atoms with Crippen LogP contribution in [0.2, 0.25) is 0 Å². The van der Waals surface area contributed by atoms with Crippen molar-refractivity contribution in [2.75, 3.05) is 61.1 Å². The number of nitrogens with zero attached hydrogens (tertiary/aromatic N) is 7. The van der Waals surface area contributed by atoms with Crippen LogP contribution >= 0.6 is 0 Å². The number of anilines is 3. The molecule has 3 aromatic rings. The number of methoxy groups -OCH3 is 1. The molecule has 0 spiro atoms. The molecule has 5 heterocycles. The lowest BCUT2D eigenvalue weighted by Gasteiger charge is -2.38. The van der Waals surface area contributed by atoms with Crippen molar-refractivity contribution < 1.29 is 14.2 Å². The topological polar surface area (TPSA) is 90.7 Å². The second-order valence-corrected chi connectivity index (χ2v) is 9.64. The van der Waals surface area contributed by atoms with Crippen molar-refractivity contribution >= 4 is 28.4 Å². The molecule has 9 nitrogen and oxygen atoms in total. The van der Waals surface area contributed by atoms with Gasteiger partial charge in [-0.2, -0.15) is 0 Å². The van der Waals surface area contributed by atoms with Gasteiger partial charge in [0.15, 0.2) is 23.1 Å². The molecule has 0 aromatic carbocycles. The van der Waals surface area contributed by atoms with Crippen molar-refractivity contribution in [2.24, 2.45) is 0 Å². The van der Waals surface area contributed by atoms with Gasteiger partial charge in [-0.3, -0.25) is 0 Å². The Morgan fingerprint density at radius 2 is 1.80 bits per heavy atom. The predicted molar refractivity (Wildman–Crippen MR) is 132 cm³/mol. The summed E-state index contributed by atoms with van der Waals surface area (Å²) < 4.78 is 20.9. The number of aliphatic hydroxyl groups is 1. The molecular weight excluding hydrogens is 449 g/mol. The highest BCUT2D eigenvalue weighted by atomic mass is 19.1. The standard InChI is InChI=1S/C25H30FN7O2/c1-35-20-4-2-8-27-23(20)32-12-10-31(11-13-32)22-18-14-21(33-9-5-17(34)16-33)28-15-19(18)29-24(30-22)25(26)6-3-7-25/h2,4,8,14-15,17,34H,3,5-7,9-13,16H2,1H3/t17-/m1/s1. The second kappa shape index (κ2) is 8.75. The molecule has 0 amide bonds. The summed E-state index contributed by atoms with van der Waals surface area (Å²) in [6.07, 6.45) is 5.66. The van der Waals surface area contributed by atoms with Gasteiger partial charge in [-0.25, -0.2) is 24.3 Å². The number of fused-ring (bicyclic) bond motifs is 1. The maximum atomic E-state index is 15.4. The summed E-state index contributed by atoms with van der Waals surface area (Å²) in [5.41, 5.74) is -0.796. The zero-order valence-corrected chi connectivity index (χ0v) is 19.9. The number of ether oxygens (including phenoxy) is 1. The van der Waals surface area contributed by atoms with Crippen LogP contribution in [0.25, 0.3) is 10.9 Å². The van der Waals surface area contributed by atoms with Crippen molar-refractivity contribution in [3.63, 3.8) is 0 Å². The lowest BCUT2D eigenvalue weighted by molar-refractivity contribution is 0.0512. The molecule has 0 bridgehead atoms. The van der Waals surface area contributed by atoms with E-state index in [9.17, 15) is 5.11 Å². The number of aliphatic hydroxyl groups excluding tert-OH is 1. The number of rotatable bonds is 5. The maximum absolute atomic E-state index is 15.4. The molecule has 3 aliphatic rings. The van der Waals surface area contributed by atoms with Gasteiger partial charge >= 0.3 is 0 Å². The molecule has 3 aromatic heterocycles. The first-order valence-corrected chi connectivity index (χ1v) is 12.3. The number of piperazine rings is 1. The molecule has 2 saturated heterocycles. The Kier molecular flexibility index (Phi) is 5.55. The lowest BCUT2D eigenvalue weighted by atomic mass is 9.81. The Bertz CT molecular complexity index is 1230. The molecule has 0 unspecified atom stereocenters. The number of hydrogen-bond acceptors (Lipinski definition) is 9. The van der Waals surface area contributed by atoms with Gasteiger partial charge in [0, 0.05) is 50.9 Å². The minimum atomic E-state index is -1.45. The van der Waals surface area contributed by atoms with Crippen molar-refractivity contribution in [1.82, 2.24) is 19.9 Å². The van der Waals surface area contributed by atoms with E-state index < -0.39 is 5.67 Å². The van der Waals surface area contributed by atoms with Crippen molar-refractivity contribution in [1.29, 1.82) is 0 Å². The minimum absolute atomic E-state index is 0.270. The van der Waals surface area contributed by atoms with Gasteiger partial charge in [-0.1, -0.05) is 0 Å². The average Bonchev–Trinajstić information content (AvgIpc) is 3.32. The molecule has 1 atom stereocenters. The van der Waals surface area contributed by atoms with Crippen LogP contribution in [0.1, 0.15) is 31.5 Å². The van der Waals surface area contributed by atoms with E-state index in [2.05, 4.69) is 29.7 Å². The fourth-order valence-corrected chi connectivity index (χ4v) is 5.19. The van der Waals surface area contributed by atoms with Gasteiger partial charge in [-0.15, -0.1) is 0 Å². The van der Waals surface area contributed by atoms with Gasteiger partial charge < -0.3 is 24.5 Å². The highest BCUT2D eigenvalue weighted by Crippen LogP contribution is 2.44. The van der Waals surface area contributed by atoms with E-state index in [1.54, 1.807) is 19.5 Å². The van der Waals surface area contributed by atoms with E-state index in [1.165, 1.54) is 0 Å². The Labute approximate surface area is 203 Å². The van der Waals surface area contributed by atoms with Gasteiger partial charge in [0.2, 0.25) is 0 Å². The molecule has 0 radical (unpaired) electrons. The van der Waals surface area contributed by atoms with E-state index in [0.717, 1.165) is 61.1 Å². The third kappa shape index (κ3) is 3.99. The summed E-state index contributed by atoms with van der Waals surface area (Å²) in [6.45, 7) is 4.23. The molecule has 6 rings (SSSR count). The second-order valence-electron chi connectivity index (χ2n) is 9.64. The first-order valence-electron chi connectivity index (χ1n) is 12.3. The first-order chi connectivity index (χ1) is 17.0. The number of β-amino-alcohol motifs (C(OH)–C–C–N with tert-alkyl or cyclic N) is 1. The van der Waals surface area contributed by atoms with Crippen LogP contribution in [0, 0.1) is 0 Å². The first kappa shape index (κ1) is 22.2. The molecule has 10 heteroatoms. The summed E-state index contributed by atoms with van der Waals surface area (Å²) >= 11 is 0. The number of pyridine rings is 2. The Balaban J connectivity index is 1.34. The highest BCUT2D eigenvalue weighted by molar-refractivity contribution is 5.91. The largest absolute Gasteiger partial charge is 0.493 e. The van der Waals surface area contributed by atoms with Crippen LogP contribution in [0.3, 0.4) is 0 Å². The van der Waals surface area contributed by atoms with Crippen LogP contribution in [0.15, 0.2) is 30.6 Å². The SMILES string of the molecule is COc1cccnc1N1CCN(c2nc(C3(F)CCC3)nc3cnc(N4CC[C@@H](O)C4)cc23)CC1. The number of aromatic nitrogens is 4. The predicted octanol–water partition coefficient (Wildman–Crippen LogP) is 2.67. The minimum Gasteiger partial charge on any atom is -0.493 e. The Morgan fingerprint density at radius 1 is 1.03 bits per heavy atom.